The Morgan fingerprint density at radius 3 is 2.88 bits per heavy atom. The Balaban J connectivity index is 1.51. The number of methoxy groups -OCH3 is 1. The van der Waals surface area contributed by atoms with Crippen LogP contribution in [0.25, 0.3) is 0 Å². The first kappa shape index (κ1) is 16.7. The van der Waals surface area contributed by atoms with Crippen LogP contribution in [-0.2, 0) is 14.3 Å². The fourth-order valence-electron chi connectivity index (χ4n) is 2.67. The van der Waals surface area contributed by atoms with Gasteiger partial charge in [0.1, 0.15) is 11.9 Å². The van der Waals surface area contributed by atoms with E-state index < -0.39 is 6.10 Å². The lowest BCUT2D eigenvalue weighted by Gasteiger charge is -2.31. The van der Waals surface area contributed by atoms with Gasteiger partial charge in [0.15, 0.2) is 0 Å². The number of amides is 2. The van der Waals surface area contributed by atoms with Crippen LogP contribution >= 0.6 is 0 Å². The van der Waals surface area contributed by atoms with Gasteiger partial charge in [-0.2, -0.15) is 0 Å². The Morgan fingerprint density at radius 1 is 1.33 bits per heavy atom. The predicted molar refractivity (Wildman–Crippen MR) is 89.0 cm³/mol. The Morgan fingerprint density at radius 2 is 2.12 bits per heavy atom. The van der Waals surface area contributed by atoms with Gasteiger partial charge < -0.3 is 20.1 Å². The van der Waals surface area contributed by atoms with E-state index in [1.54, 1.807) is 19.2 Å². The summed E-state index contributed by atoms with van der Waals surface area (Å²) < 4.78 is 10.8. The SMILES string of the molecule is COc1ccccc1NC(=O)CN1CCOC(C(=O)NC2CC2)C1. The third-order valence-corrected chi connectivity index (χ3v) is 4.12. The highest BCUT2D eigenvalue weighted by Gasteiger charge is 2.31. The zero-order valence-electron chi connectivity index (χ0n) is 13.8. The van der Waals surface area contributed by atoms with Gasteiger partial charge in [-0.15, -0.1) is 0 Å². The normalized spacial score (nSPS) is 21.1. The lowest BCUT2D eigenvalue weighted by Crippen LogP contribution is -2.51. The number of nitrogens with one attached hydrogen (secondary N) is 2. The van der Waals surface area contributed by atoms with Crippen molar-refractivity contribution < 1.29 is 19.1 Å². The number of ether oxygens (including phenoxy) is 2. The van der Waals surface area contributed by atoms with Gasteiger partial charge in [0, 0.05) is 19.1 Å². The molecule has 1 atom stereocenters. The molecule has 1 aliphatic heterocycles. The van der Waals surface area contributed by atoms with Crippen molar-refractivity contribution in [3.8, 4) is 5.75 Å². The van der Waals surface area contributed by atoms with Gasteiger partial charge in [-0.3, -0.25) is 14.5 Å². The summed E-state index contributed by atoms with van der Waals surface area (Å²) in [6, 6.07) is 7.58. The molecule has 2 aliphatic rings. The molecule has 2 amide bonds. The third-order valence-electron chi connectivity index (χ3n) is 4.12. The summed E-state index contributed by atoms with van der Waals surface area (Å²) in [4.78, 5) is 26.3. The molecule has 1 unspecified atom stereocenters. The van der Waals surface area contributed by atoms with Gasteiger partial charge in [-0.25, -0.2) is 0 Å². The minimum absolute atomic E-state index is 0.0765. The van der Waals surface area contributed by atoms with Crippen molar-refractivity contribution in [3.63, 3.8) is 0 Å². The zero-order chi connectivity index (χ0) is 16.9. The average molecular weight is 333 g/mol. The number of hydrogen-bond acceptors (Lipinski definition) is 5. The van der Waals surface area contributed by atoms with Crippen LogP contribution < -0.4 is 15.4 Å². The number of carbonyl (C=O) groups is 2. The van der Waals surface area contributed by atoms with Crippen molar-refractivity contribution in [3.05, 3.63) is 24.3 Å². The van der Waals surface area contributed by atoms with Crippen molar-refractivity contribution in [2.45, 2.75) is 25.0 Å². The highest BCUT2D eigenvalue weighted by molar-refractivity contribution is 5.93. The number of rotatable bonds is 6. The van der Waals surface area contributed by atoms with Gasteiger partial charge in [-0.1, -0.05) is 12.1 Å². The number of anilines is 1. The molecule has 0 bridgehead atoms. The van der Waals surface area contributed by atoms with Crippen molar-refractivity contribution in [2.75, 3.05) is 38.7 Å². The smallest absolute Gasteiger partial charge is 0.250 e. The number of morpholine rings is 1. The second kappa shape index (κ2) is 7.63. The molecule has 1 heterocycles. The van der Waals surface area contributed by atoms with E-state index >= 15 is 0 Å². The molecule has 24 heavy (non-hydrogen) atoms. The first-order valence-electron chi connectivity index (χ1n) is 8.23. The van der Waals surface area contributed by atoms with Gasteiger partial charge in [0.05, 0.1) is 25.9 Å². The molecular formula is C17H23N3O4. The summed E-state index contributed by atoms with van der Waals surface area (Å²) in [5.74, 6) is 0.407. The number of nitrogens with zero attached hydrogens (tertiary/aromatic N) is 1. The number of benzene rings is 1. The molecule has 1 aromatic rings. The fourth-order valence-corrected chi connectivity index (χ4v) is 2.67. The summed E-state index contributed by atoms with van der Waals surface area (Å²) in [5, 5.41) is 5.79. The highest BCUT2D eigenvalue weighted by Crippen LogP contribution is 2.23. The maximum atomic E-state index is 12.3. The minimum atomic E-state index is -0.501. The number of hydrogen-bond donors (Lipinski definition) is 2. The molecule has 0 spiro atoms. The third kappa shape index (κ3) is 4.46. The van der Waals surface area contributed by atoms with Crippen molar-refractivity contribution in [1.82, 2.24) is 10.2 Å². The number of carbonyl (C=O) groups excluding carboxylic acids is 2. The Kier molecular flexibility index (Phi) is 5.32. The highest BCUT2D eigenvalue weighted by atomic mass is 16.5. The van der Waals surface area contributed by atoms with E-state index in [0.717, 1.165) is 12.8 Å². The van der Waals surface area contributed by atoms with E-state index in [9.17, 15) is 9.59 Å². The van der Waals surface area contributed by atoms with Crippen molar-refractivity contribution in [1.29, 1.82) is 0 Å². The molecule has 1 saturated carbocycles. The van der Waals surface area contributed by atoms with Crippen LogP contribution in [0.3, 0.4) is 0 Å². The maximum absolute atomic E-state index is 12.3. The fraction of sp³-hybridized carbons (Fsp3) is 0.529. The Labute approximate surface area is 141 Å². The molecule has 3 rings (SSSR count). The summed E-state index contributed by atoms with van der Waals surface area (Å²) in [7, 11) is 1.57. The number of para-hydroxylation sites is 2. The lowest BCUT2D eigenvalue weighted by atomic mass is 10.2. The van der Waals surface area contributed by atoms with E-state index in [-0.39, 0.29) is 18.4 Å². The van der Waals surface area contributed by atoms with E-state index in [2.05, 4.69) is 10.6 Å². The van der Waals surface area contributed by atoms with Gasteiger partial charge in [0.25, 0.3) is 5.91 Å². The predicted octanol–water partition coefficient (Wildman–Crippen LogP) is 0.613. The van der Waals surface area contributed by atoms with Gasteiger partial charge in [0.2, 0.25) is 5.91 Å². The minimum Gasteiger partial charge on any atom is -0.495 e. The van der Waals surface area contributed by atoms with Crippen LogP contribution in [0.4, 0.5) is 5.69 Å². The topological polar surface area (TPSA) is 79.9 Å². The average Bonchev–Trinajstić information content (AvgIpc) is 3.39. The van der Waals surface area contributed by atoms with Crippen LogP contribution in [0.15, 0.2) is 24.3 Å². The van der Waals surface area contributed by atoms with Crippen LogP contribution in [0.5, 0.6) is 5.75 Å². The molecule has 7 nitrogen and oxygen atoms in total. The van der Waals surface area contributed by atoms with Crippen LogP contribution in [0.2, 0.25) is 0 Å². The zero-order valence-corrected chi connectivity index (χ0v) is 13.8. The van der Waals surface area contributed by atoms with E-state index in [0.29, 0.717) is 37.2 Å². The molecule has 1 aliphatic carbocycles. The molecule has 1 saturated heterocycles. The first-order chi connectivity index (χ1) is 11.7. The molecule has 0 aromatic heterocycles. The Hall–Kier alpha value is -2.12. The molecule has 2 N–H and O–H groups in total. The quantitative estimate of drug-likeness (QED) is 0.797. The first-order valence-corrected chi connectivity index (χ1v) is 8.23. The van der Waals surface area contributed by atoms with E-state index in [1.165, 1.54) is 0 Å². The second-order valence-corrected chi connectivity index (χ2v) is 6.13. The van der Waals surface area contributed by atoms with Crippen LogP contribution in [0, 0.1) is 0 Å². The molecular weight excluding hydrogens is 310 g/mol. The van der Waals surface area contributed by atoms with Crippen LogP contribution in [-0.4, -0.2) is 62.2 Å². The summed E-state index contributed by atoms with van der Waals surface area (Å²) in [6.45, 7) is 1.73. The second-order valence-electron chi connectivity index (χ2n) is 6.13. The largest absolute Gasteiger partial charge is 0.495 e. The van der Waals surface area contributed by atoms with Crippen molar-refractivity contribution in [2.24, 2.45) is 0 Å². The lowest BCUT2D eigenvalue weighted by molar-refractivity contribution is -0.140. The Bertz CT molecular complexity index is 603. The molecule has 0 radical (unpaired) electrons. The van der Waals surface area contributed by atoms with Gasteiger partial charge >= 0.3 is 0 Å². The summed E-state index contributed by atoms with van der Waals surface area (Å²) >= 11 is 0. The molecule has 130 valence electrons. The standard InChI is InChI=1S/C17H23N3O4/c1-23-14-5-3-2-4-13(14)19-16(21)11-20-8-9-24-15(10-20)17(22)18-12-6-7-12/h2-5,12,15H,6-11H2,1H3,(H,18,22)(H,19,21). The van der Waals surface area contributed by atoms with Gasteiger partial charge in [-0.05, 0) is 25.0 Å². The molecule has 2 fully saturated rings. The summed E-state index contributed by atoms with van der Waals surface area (Å²) in [6.07, 6.45) is 1.59. The summed E-state index contributed by atoms with van der Waals surface area (Å²) in [5.41, 5.74) is 0.640. The monoisotopic (exact) mass is 333 g/mol. The van der Waals surface area contributed by atoms with Crippen LogP contribution in [0.1, 0.15) is 12.8 Å². The van der Waals surface area contributed by atoms with E-state index in [1.807, 2.05) is 17.0 Å². The maximum Gasteiger partial charge on any atom is 0.250 e. The molecule has 7 heteroatoms. The molecule has 1 aromatic carbocycles. The van der Waals surface area contributed by atoms with E-state index in [4.69, 9.17) is 9.47 Å². The van der Waals surface area contributed by atoms with Crippen molar-refractivity contribution >= 4 is 17.5 Å².